The van der Waals surface area contributed by atoms with E-state index in [2.05, 4.69) is 30.4 Å². The molecule has 3 heterocycles. The number of hydrogen-bond acceptors (Lipinski definition) is 8. The third-order valence-electron chi connectivity index (χ3n) is 4.10. The molecule has 0 aliphatic rings. The van der Waals surface area contributed by atoms with Gasteiger partial charge in [0.25, 0.3) is 0 Å². The highest BCUT2D eigenvalue weighted by molar-refractivity contribution is 5.89. The number of nitrogens with one attached hydrogen (secondary N) is 1. The fourth-order valence-electron chi connectivity index (χ4n) is 2.77. The van der Waals surface area contributed by atoms with Crippen LogP contribution in [0.4, 0.5) is 5.82 Å². The highest BCUT2D eigenvalue weighted by Gasteiger charge is 2.17. The fraction of sp³-hybridized carbons (Fsp3) is 0.211. The van der Waals surface area contributed by atoms with Crippen molar-refractivity contribution in [2.24, 2.45) is 5.73 Å². The number of pyridine rings is 1. The molecule has 1 atom stereocenters. The van der Waals surface area contributed by atoms with Gasteiger partial charge >= 0.3 is 0 Å². The van der Waals surface area contributed by atoms with Crippen molar-refractivity contribution in [1.29, 1.82) is 0 Å². The van der Waals surface area contributed by atoms with Crippen molar-refractivity contribution in [3.63, 3.8) is 0 Å². The molecule has 1 aromatic carbocycles. The molecular formula is C19H19N7O. The first-order valence-corrected chi connectivity index (χ1v) is 8.71. The molecule has 0 aliphatic heterocycles. The Morgan fingerprint density at radius 1 is 1.11 bits per heavy atom. The average molecular weight is 361 g/mol. The Hall–Kier alpha value is -3.39. The number of nitrogens with zero attached hydrogens (tertiary/aromatic N) is 5. The summed E-state index contributed by atoms with van der Waals surface area (Å²) in [5.74, 6) is 2.39. The molecule has 136 valence electrons. The SMILES string of the molecule is C[C@H](Nc1nc(CCN)nc2ccccc12)c1nc(-c2cccnc2)no1. The molecule has 0 aliphatic carbocycles. The maximum absolute atomic E-state index is 5.67. The molecule has 0 saturated carbocycles. The molecule has 0 radical (unpaired) electrons. The van der Waals surface area contributed by atoms with E-state index in [4.69, 9.17) is 10.3 Å². The van der Waals surface area contributed by atoms with Crippen LogP contribution in [0.2, 0.25) is 0 Å². The first-order valence-electron chi connectivity index (χ1n) is 8.71. The summed E-state index contributed by atoms with van der Waals surface area (Å²) in [5, 5.41) is 8.33. The van der Waals surface area contributed by atoms with Crippen LogP contribution >= 0.6 is 0 Å². The molecule has 8 nitrogen and oxygen atoms in total. The standard InChI is InChI=1S/C19H19N7O/c1-12(19-25-17(26-27-19)13-5-4-10-21-11-13)22-18-14-6-2-3-7-15(14)23-16(24-18)8-9-20/h2-7,10-12H,8-9,20H2,1H3,(H,22,23,24)/t12-/m0/s1. The summed E-state index contributed by atoms with van der Waals surface area (Å²) in [5.41, 5.74) is 7.34. The van der Waals surface area contributed by atoms with Gasteiger partial charge in [-0.05, 0) is 37.7 Å². The summed E-state index contributed by atoms with van der Waals surface area (Å²) < 4.78 is 5.43. The summed E-state index contributed by atoms with van der Waals surface area (Å²) in [6, 6.07) is 11.3. The summed E-state index contributed by atoms with van der Waals surface area (Å²) >= 11 is 0. The highest BCUT2D eigenvalue weighted by atomic mass is 16.5. The number of hydrogen-bond donors (Lipinski definition) is 2. The quantitative estimate of drug-likeness (QED) is 0.538. The zero-order valence-corrected chi connectivity index (χ0v) is 14.8. The maximum Gasteiger partial charge on any atom is 0.249 e. The predicted octanol–water partition coefficient (Wildman–Crippen LogP) is 2.75. The summed E-state index contributed by atoms with van der Waals surface area (Å²) in [4.78, 5) is 17.7. The Morgan fingerprint density at radius 2 is 2.00 bits per heavy atom. The second kappa shape index (κ2) is 7.46. The minimum atomic E-state index is -0.230. The third kappa shape index (κ3) is 3.61. The predicted molar refractivity (Wildman–Crippen MR) is 102 cm³/mol. The van der Waals surface area contributed by atoms with E-state index in [1.165, 1.54) is 0 Å². The molecule has 8 heteroatoms. The lowest BCUT2D eigenvalue weighted by Crippen LogP contribution is -2.12. The van der Waals surface area contributed by atoms with Crippen molar-refractivity contribution >= 4 is 16.7 Å². The first kappa shape index (κ1) is 17.0. The van der Waals surface area contributed by atoms with E-state index in [9.17, 15) is 0 Å². The topological polar surface area (TPSA) is 116 Å². The van der Waals surface area contributed by atoms with Crippen LogP contribution < -0.4 is 11.1 Å². The molecule has 3 N–H and O–H groups in total. The van der Waals surface area contributed by atoms with E-state index in [-0.39, 0.29) is 6.04 Å². The largest absolute Gasteiger partial charge is 0.358 e. The molecule has 0 unspecified atom stereocenters. The monoisotopic (exact) mass is 361 g/mol. The first-order chi connectivity index (χ1) is 13.2. The van der Waals surface area contributed by atoms with Gasteiger partial charge < -0.3 is 15.6 Å². The molecule has 0 fully saturated rings. The van der Waals surface area contributed by atoms with Crippen molar-refractivity contribution in [3.8, 4) is 11.4 Å². The van der Waals surface area contributed by atoms with Crippen molar-refractivity contribution < 1.29 is 4.52 Å². The Morgan fingerprint density at radius 3 is 2.81 bits per heavy atom. The summed E-state index contributed by atoms with van der Waals surface area (Å²) in [6.07, 6.45) is 4.01. The van der Waals surface area contributed by atoms with Crippen LogP contribution in [0.25, 0.3) is 22.3 Å². The van der Waals surface area contributed by atoms with Gasteiger partial charge in [0.15, 0.2) is 0 Å². The van der Waals surface area contributed by atoms with Gasteiger partial charge in [-0.3, -0.25) is 4.98 Å². The normalized spacial score (nSPS) is 12.2. The van der Waals surface area contributed by atoms with Crippen molar-refractivity contribution in [3.05, 3.63) is 60.5 Å². The number of aromatic nitrogens is 5. The van der Waals surface area contributed by atoms with Gasteiger partial charge in [-0.1, -0.05) is 17.3 Å². The van der Waals surface area contributed by atoms with Crippen molar-refractivity contribution in [1.82, 2.24) is 25.1 Å². The fourth-order valence-corrected chi connectivity index (χ4v) is 2.77. The second-order valence-electron chi connectivity index (χ2n) is 6.11. The molecule has 4 rings (SSSR count). The number of benzene rings is 1. The highest BCUT2D eigenvalue weighted by Crippen LogP contribution is 2.25. The number of fused-ring (bicyclic) bond motifs is 1. The molecule has 0 spiro atoms. The lowest BCUT2D eigenvalue weighted by Gasteiger charge is -2.13. The number of rotatable bonds is 6. The van der Waals surface area contributed by atoms with Gasteiger partial charge in [-0.25, -0.2) is 9.97 Å². The van der Waals surface area contributed by atoms with Gasteiger partial charge in [0, 0.05) is 29.8 Å². The Kier molecular flexibility index (Phi) is 4.71. The molecule has 0 amide bonds. The van der Waals surface area contributed by atoms with Gasteiger partial charge in [0.2, 0.25) is 11.7 Å². The van der Waals surface area contributed by atoms with Crippen LogP contribution in [-0.4, -0.2) is 31.6 Å². The molecule has 27 heavy (non-hydrogen) atoms. The van der Waals surface area contributed by atoms with Crippen molar-refractivity contribution in [2.45, 2.75) is 19.4 Å². The third-order valence-corrected chi connectivity index (χ3v) is 4.10. The smallest absolute Gasteiger partial charge is 0.249 e. The Balaban J connectivity index is 1.63. The Bertz CT molecular complexity index is 1050. The van der Waals surface area contributed by atoms with E-state index in [1.807, 2.05) is 43.3 Å². The van der Waals surface area contributed by atoms with Gasteiger partial charge in [-0.15, -0.1) is 0 Å². The zero-order valence-electron chi connectivity index (χ0n) is 14.8. The number of nitrogens with two attached hydrogens (primary N) is 1. The minimum absolute atomic E-state index is 0.230. The second-order valence-corrected chi connectivity index (χ2v) is 6.11. The molecule has 4 aromatic rings. The van der Waals surface area contributed by atoms with Gasteiger partial charge in [-0.2, -0.15) is 4.98 Å². The van der Waals surface area contributed by atoms with Crippen molar-refractivity contribution in [2.75, 3.05) is 11.9 Å². The van der Waals surface area contributed by atoms with Crippen LogP contribution in [0, 0.1) is 0 Å². The van der Waals surface area contributed by atoms with Crippen LogP contribution in [0.1, 0.15) is 24.7 Å². The average Bonchev–Trinajstić information content (AvgIpc) is 3.19. The molecule has 0 saturated heterocycles. The lowest BCUT2D eigenvalue weighted by atomic mass is 10.2. The summed E-state index contributed by atoms with van der Waals surface area (Å²) in [6.45, 7) is 2.44. The van der Waals surface area contributed by atoms with E-state index >= 15 is 0 Å². The lowest BCUT2D eigenvalue weighted by molar-refractivity contribution is 0.367. The van der Waals surface area contributed by atoms with Crippen LogP contribution in [-0.2, 0) is 6.42 Å². The Labute approximate surface area is 155 Å². The van der Waals surface area contributed by atoms with E-state index in [0.29, 0.717) is 30.5 Å². The van der Waals surface area contributed by atoms with E-state index in [0.717, 1.165) is 22.3 Å². The molecule has 0 bridgehead atoms. The van der Waals surface area contributed by atoms with Gasteiger partial charge in [0.1, 0.15) is 17.7 Å². The van der Waals surface area contributed by atoms with Gasteiger partial charge in [0.05, 0.1) is 5.52 Å². The van der Waals surface area contributed by atoms with Crippen LogP contribution in [0.15, 0.2) is 53.3 Å². The van der Waals surface area contributed by atoms with E-state index in [1.54, 1.807) is 12.4 Å². The van der Waals surface area contributed by atoms with Crippen LogP contribution in [0.3, 0.4) is 0 Å². The summed E-state index contributed by atoms with van der Waals surface area (Å²) in [7, 11) is 0. The molecule has 3 aromatic heterocycles. The zero-order chi connectivity index (χ0) is 18.6. The number of anilines is 1. The maximum atomic E-state index is 5.67. The van der Waals surface area contributed by atoms with E-state index < -0.39 is 0 Å². The van der Waals surface area contributed by atoms with Crippen LogP contribution in [0.5, 0.6) is 0 Å². The number of para-hydroxylation sites is 1. The minimum Gasteiger partial charge on any atom is -0.358 e. The molecular weight excluding hydrogens is 342 g/mol.